The third-order valence-corrected chi connectivity index (χ3v) is 3.94. The Balaban J connectivity index is 2.27. The number of halogens is 2. The average Bonchev–Trinajstić information content (AvgIpc) is 2.56. The van der Waals surface area contributed by atoms with E-state index in [0.717, 1.165) is 0 Å². The Bertz CT molecular complexity index is 426. The number of hydrogen-bond acceptors (Lipinski definition) is 2. The van der Waals surface area contributed by atoms with Crippen molar-refractivity contribution >= 4 is 5.69 Å². The predicted molar refractivity (Wildman–Crippen MR) is 74.3 cm³/mol. The molecule has 1 fully saturated rings. The SMILES string of the molecule is CC(N)Cc1cc(F)c(N2CC(C)C(C)C2)c(F)c1. The number of anilines is 1. The molecule has 0 bridgehead atoms. The average molecular weight is 268 g/mol. The van der Waals surface area contributed by atoms with Gasteiger partial charge in [0.2, 0.25) is 0 Å². The number of hydrogen-bond donors (Lipinski definition) is 1. The molecular formula is C15H22F2N2. The van der Waals surface area contributed by atoms with Crippen LogP contribution in [0.25, 0.3) is 0 Å². The second-order valence-corrected chi connectivity index (χ2v) is 5.95. The van der Waals surface area contributed by atoms with E-state index in [-0.39, 0.29) is 11.7 Å². The Hall–Kier alpha value is -1.16. The van der Waals surface area contributed by atoms with Gasteiger partial charge in [0.15, 0.2) is 0 Å². The zero-order valence-electron chi connectivity index (χ0n) is 11.8. The lowest BCUT2D eigenvalue weighted by Gasteiger charge is -2.20. The molecule has 1 aliphatic rings. The van der Waals surface area contributed by atoms with E-state index in [4.69, 9.17) is 5.73 Å². The van der Waals surface area contributed by atoms with Gasteiger partial charge in [0.25, 0.3) is 0 Å². The molecule has 2 rings (SSSR count). The van der Waals surface area contributed by atoms with E-state index >= 15 is 0 Å². The van der Waals surface area contributed by atoms with Gasteiger partial charge < -0.3 is 10.6 Å². The fourth-order valence-electron chi connectivity index (χ4n) is 2.72. The number of rotatable bonds is 3. The van der Waals surface area contributed by atoms with E-state index in [1.54, 1.807) is 0 Å². The Morgan fingerprint density at radius 1 is 1.21 bits per heavy atom. The molecule has 4 heteroatoms. The van der Waals surface area contributed by atoms with Crippen LogP contribution in [0.15, 0.2) is 12.1 Å². The van der Waals surface area contributed by atoms with Crippen LogP contribution in [0.2, 0.25) is 0 Å². The summed E-state index contributed by atoms with van der Waals surface area (Å²) in [5.41, 5.74) is 6.40. The van der Waals surface area contributed by atoms with E-state index in [9.17, 15) is 8.78 Å². The molecule has 2 nitrogen and oxygen atoms in total. The largest absolute Gasteiger partial charge is 0.366 e. The molecule has 1 heterocycles. The van der Waals surface area contributed by atoms with Crippen LogP contribution in [0.4, 0.5) is 14.5 Å². The van der Waals surface area contributed by atoms with Gasteiger partial charge in [-0.05, 0) is 42.9 Å². The lowest BCUT2D eigenvalue weighted by molar-refractivity contribution is 0.494. The van der Waals surface area contributed by atoms with Crippen LogP contribution >= 0.6 is 0 Å². The first-order valence-corrected chi connectivity index (χ1v) is 6.87. The van der Waals surface area contributed by atoms with E-state index in [1.165, 1.54) is 12.1 Å². The highest BCUT2D eigenvalue weighted by Crippen LogP contribution is 2.32. The number of nitrogens with two attached hydrogens (primary N) is 1. The lowest BCUT2D eigenvalue weighted by atomic mass is 10.0. The van der Waals surface area contributed by atoms with Gasteiger partial charge in [0.1, 0.15) is 17.3 Å². The van der Waals surface area contributed by atoms with Gasteiger partial charge in [0.05, 0.1) is 0 Å². The minimum atomic E-state index is -0.475. The van der Waals surface area contributed by atoms with Crippen LogP contribution in [0, 0.1) is 23.5 Å². The van der Waals surface area contributed by atoms with Crippen molar-refractivity contribution in [3.8, 4) is 0 Å². The van der Waals surface area contributed by atoms with Crippen LogP contribution in [-0.2, 0) is 6.42 Å². The van der Waals surface area contributed by atoms with E-state index < -0.39 is 11.6 Å². The molecule has 1 aromatic carbocycles. The molecule has 0 amide bonds. The Morgan fingerprint density at radius 3 is 2.11 bits per heavy atom. The maximum Gasteiger partial charge on any atom is 0.149 e. The van der Waals surface area contributed by atoms with E-state index in [0.29, 0.717) is 36.9 Å². The van der Waals surface area contributed by atoms with Gasteiger partial charge >= 0.3 is 0 Å². The minimum Gasteiger partial charge on any atom is -0.366 e. The molecule has 3 unspecified atom stereocenters. The topological polar surface area (TPSA) is 29.3 Å². The third-order valence-electron chi connectivity index (χ3n) is 3.94. The molecular weight excluding hydrogens is 246 g/mol. The lowest BCUT2D eigenvalue weighted by Crippen LogP contribution is -2.23. The zero-order valence-corrected chi connectivity index (χ0v) is 11.8. The highest BCUT2D eigenvalue weighted by molar-refractivity contribution is 5.51. The maximum atomic E-state index is 14.1. The minimum absolute atomic E-state index is 0.100. The van der Waals surface area contributed by atoms with Crippen molar-refractivity contribution in [2.45, 2.75) is 33.2 Å². The summed E-state index contributed by atoms with van der Waals surface area (Å²) in [4.78, 5) is 1.82. The summed E-state index contributed by atoms with van der Waals surface area (Å²) in [6.45, 7) is 7.48. The molecule has 0 saturated carbocycles. The van der Waals surface area contributed by atoms with Gasteiger partial charge in [-0.1, -0.05) is 13.8 Å². The summed E-state index contributed by atoms with van der Waals surface area (Å²) in [5, 5.41) is 0. The first kappa shape index (κ1) is 14.3. The molecule has 0 spiro atoms. The van der Waals surface area contributed by atoms with Gasteiger partial charge in [-0.15, -0.1) is 0 Å². The molecule has 1 aromatic rings. The molecule has 106 valence electrons. The van der Waals surface area contributed by atoms with Crippen LogP contribution in [0.3, 0.4) is 0 Å². The summed E-state index contributed by atoms with van der Waals surface area (Å²) >= 11 is 0. The third kappa shape index (κ3) is 3.06. The molecule has 3 atom stereocenters. The van der Waals surface area contributed by atoms with Crippen LogP contribution < -0.4 is 10.6 Å². The molecule has 19 heavy (non-hydrogen) atoms. The second-order valence-electron chi connectivity index (χ2n) is 5.95. The Kier molecular flexibility index (Phi) is 4.09. The zero-order chi connectivity index (χ0) is 14.2. The molecule has 1 saturated heterocycles. The summed E-state index contributed by atoms with van der Waals surface area (Å²) in [6.07, 6.45) is 0.487. The maximum absolute atomic E-state index is 14.1. The Morgan fingerprint density at radius 2 is 1.68 bits per heavy atom. The summed E-state index contributed by atoms with van der Waals surface area (Å²) < 4.78 is 28.3. The molecule has 2 N–H and O–H groups in total. The fourth-order valence-corrected chi connectivity index (χ4v) is 2.72. The van der Waals surface area contributed by atoms with Gasteiger partial charge in [-0.2, -0.15) is 0 Å². The van der Waals surface area contributed by atoms with Crippen molar-refractivity contribution < 1.29 is 8.78 Å². The summed E-state index contributed by atoms with van der Waals surface area (Å²) in [6, 6.07) is 2.72. The fraction of sp³-hybridized carbons (Fsp3) is 0.600. The molecule has 1 aliphatic heterocycles. The summed E-state index contributed by atoms with van der Waals surface area (Å²) in [7, 11) is 0. The predicted octanol–water partition coefficient (Wildman–Crippen LogP) is 2.95. The van der Waals surface area contributed by atoms with Gasteiger partial charge in [0, 0.05) is 19.1 Å². The normalized spacial score (nSPS) is 24.8. The molecule has 0 aliphatic carbocycles. The Labute approximate surface area is 113 Å². The molecule has 0 aromatic heterocycles. The van der Waals surface area contributed by atoms with Crippen molar-refractivity contribution in [1.29, 1.82) is 0 Å². The van der Waals surface area contributed by atoms with Crippen LogP contribution in [-0.4, -0.2) is 19.1 Å². The standard InChI is InChI=1S/C15H22F2N2/c1-9-7-19(8-10(9)2)15-13(16)5-12(4-11(3)18)6-14(15)17/h5-6,9-11H,4,7-8,18H2,1-3H3. The highest BCUT2D eigenvalue weighted by atomic mass is 19.1. The highest BCUT2D eigenvalue weighted by Gasteiger charge is 2.29. The van der Waals surface area contributed by atoms with Crippen molar-refractivity contribution in [1.82, 2.24) is 0 Å². The van der Waals surface area contributed by atoms with E-state index in [1.807, 2.05) is 11.8 Å². The van der Waals surface area contributed by atoms with Crippen molar-refractivity contribution in [2.24, 2.45) is 17.6 Å². The van der Waals surface area contributed by atoms with Crippen molar-refractivity contribution in [3.63, 3.8) is 0 Å². The van der Waals surface area contributed by atoms with Crippen LogP contribution in [0.5, 0.6) is 0 Å². The smallest absolute Gasteiger partial charge is 0.149 e. The second kappa shape index (κ2) is 5.45. The van der Waals surface area contributed by atoms with Crippen molar-refractivity contribution in [3.05, 3.63) is 29.3 Å². The van der Waals surface area contributed by atoms with E-state index in [2.05, 4.69) is 13.8 Å². The number of benzene rings is 1. The van der Waals surface area contributed by atoms with Gasteiger partial charge in [-0.25, -0.2) is 8.78 Å². The first-order chi connectivity index (χ1) is 8.88. The van der Waals surface area contributed by atoms with Gasteiger partial charge in [-0.3, -0.25) is 0 Å². The first-order valence-electron chi connectivity index (χ1n) is 6.87. The quantitative estimate of drug-likeness (QED) is 0.913. The van der Waals surface area contributed by atoms with Crippen LogP contribution in [0.1, 0.15) is 26.3 Å². The number of nitrogens with zero attached hydrogens (tertiary/aromatic N) is 1. The molecule has 0 radical (unpaired) electrons. The van der Waals surface area contributed by atoms with Crippen molar-refractivity contribution in [2.75, 3.05) is 18.0 Å². The summed E-state index contributed by atoms with van der Waals surface area (Å²) in [5.74, 6) is -0.0287. The monoisotopic (exact) mass is 268 g/mol.